The monoisotopic (exact) mass is 387 g/mol. The lowest BCUT2D eigenvalue weighted by atomic mass is 10.1. The number of rotatable bonds is 3. The summed E-state index contributed by atoms with van der Waals surface area (Å²) in [6.45, 7) is 0. The summed E-state index contributed by atoms with van der Waals surface area (Å²) < 4.78 is 67.0. The average Bonchev–Trinajstić information content (AvgIpc) is 3.19. The van der Waals surface area contributed by atoms with E-state index in [1.807, 2.05) is 0 Å². The van der Waals surface area contributed by atoms with Gasteiger partial charge < -0.3 is 9.32 Å². The Morgan fingerprint density at radius 3 is 2.58 bits per heavy atom. The van der Waals surface area contributed by atoms with Crippen LogP contribution in [0.25, 0.3) is 11.3 Å². The molecular weight excluding hydrogens is 371 g/mol. The average molecular weight is 387 g/mol. The molecule has 1 unspecified atom stereocenters. The van der Waals surface area contributed by atoms with Crippen molar-refractivity contribution >= 4 is 15.7 Å². The maximum absolute atomic E-state index is 12.8. The Hall–Kier alpha value is -2.29. The van der Waals surface area contributed by atoms with Crippen LogP contribution in [0.2, 0.25) is 0 Å². The highest BCUT2D eigenvalue weighted by molar-refractivity contribution is 7.91. The molecule has 0 saturated carbocycles. The summed E-state index contributed by atoms with van der Waals surface area (Å²) in [6.07, 6.45) is -4.12. The van der Waals surface area contributed by atoms with Gasteiger partial charge >= 0.3 is 6.18 Å². The first kappa shape index (κ1) is 18.5. The molecule has 140 valence electrons. The summed E-state index contributed by atoms with van der Waals surface area (Å²) in [5.74, 6) is -0.499. The molecule has 1 aromatic heterocycles. The first-order chi connectivity index (χ1) is 12.1. The number of sulfone groups is 1. The minimum Gasteiger partial charge on any atom is -0.451 e. The van der Waals surface area contributed by atoms with Crippen LogP contribution in [-0.2, 0) is 16.0 Å². The number of amides is 1. The van der Waals surface area contributed by atoms with E-state index >= 15 is 0 Å². The van der Waals surface area contributed by atoms with E-state index in [9.17, 15) is 26.4 Å². The lowest BCUT2D eigenvalue weighted by molar-refractivity contribution is -0.137. The molecule has 0 bridgehead atoms. The van der Waals surface area contributed by atoms with Crippen LogP contribution in [0.5, 0.6) is 0 Å². The highest BCUT2D eigenvalue weighted by atomic mass is 32.2. The Bertz CT molecular complexity index is 933. The molecule has 9 heteroatoms. The van der Waals surface area contributed by atoms with Crippen molar-refractivity contribution in [3.8, 4) is 11.3 Å². The van der Waals surface area contributed by atoms with Crippen LogP contribution in [0.3, 0.4) is 0 Å². The third kappa shape index (κ3) is 3.77. The molecule has 0 radical (unpaired) electrons. The molecule has 2 aromatic rings. The maximum atomic E-state index is 12.8. The van der Waals surface area contributed by atoms with E-state index in [1.54, 1.807) is 0 Å². The number of halogens is 3. The molecule has 3 rings (SSSR count). The zero-order chi connectivity index (χ0) is 19.1. The van der Waals surface area contributed by atoms with E-state index in [-0.39, 0.29) is 28.6 Å². The first-order valence-electron chi connectivity index (χ1n) is 7.82. The van der Waals surface area contributed by atoms with Gasteiger partial charge in [0.05, 0.1) is 17.1 Å². The molecule has 0 aliphatic carbocycles. The predicted molar refractivity (Wildman–Crippen MR) is 88.3 cm³/mol. The van der Waals surface area contributed by atoms with Gasteiger partial charge in [-0.15, -0.1) is 0 Å². The van der Waals surface area contributed by atoms with Gasteiger partial charge in [-0.05, 0) is 30.7 Å². The first-order valence-corrected chi connectivity index (χ1v) is 9.64. The molecule has 2 heterocycles. The van der Waals surface area contributed by atoms with E-state index in [0.717, 1.165) is 12.1 Å². The minimum atomic E-state index is -4.48. The number of alkyl halides is 3. The molecular formula is C17H16F3NO4S. The molecule has 1 atom stereocenters. The number of carbonyl (C=O) groups is 1. The van der Waals surface area contributed by atoms with Crippen molar-refractivity contribution in [2.45, 2.75) is 18.6 Å². The zero-order valence-corrected chi connectivity index (χ0v) is 14.6. The number of benzene rings is 1. The van der Waals surface area contributed by atoms with Crippen molar-refractivity contribution in [1.29, 1.82) is 0 Å². The number of nitrogens with zero attached hydrogens (tertiary/aromatic N) is 1. The number of hydrogen-bond acceptors (Lipinski definition) is 4. The third-order valence-corrected chi connectivity index (χ3v) is 6.12. The van der Waals surface area contributed by atoms with Gasteiger partial charge in [0.1, 0.15) is 5.76 Å². The summed E-state index contributed by atoms with van der Waals surface area (Å²) in [5.41, 5.74) is -0.613. The van der Waals surface area contributed by atoms with Crippen molar-refractivity contribution in [1.82, 2.24) is 4.90 Å². The lowest BCUT2D eigenvalue weighted by Crippen LogP contribution is -2.37. The van der Waals surface area contributed by atoms with Gasteiger partial charge in [-0.25, -0.2) is 8.42 Å². The Morgan fingerprint density at radius 2 is 1.96 bits per heavy atom. The second-order valence-electron chi connectivity index (χ2n) is 6.22. The second-order valence-corrected chi connectivity index (χ2v) is 8.44. The summed E-state index contributed by atoms with van der Waals surface area (Å²) in [4.78, 5) is 13.8. The van der Waals surface area contributed by atoms with Crippen molar-refractivity contribution in [3.05, 3.63) is 47.7 Å². The normalized spacial score (nSPS) is 19.5. The van der Waals surface area contributed by atoms with E-state index in [4.69, 9.17) is 4.42 Å². The molecule has 1 aromatic carbocycles. The Balaban J connectivity index is 1.81. The van der Waals surface area contributed by atoms with E-state index < -0.39 is 33.5 Å². The highest BCUT2D eigenvalue weighted by Gasteiger charge is 2.34. The smallest absolute Gasteiger partial charge is 0.416 e. The molecule has 0 spiro atoms. The molecule has 26 heavy (non-hydrogen) atoms. The zero-order valence-electron chi connectivity index (χ0n) is 13.8. The molecule has 1 aliphatic heterocycles. The lowest BCUT2D eigenvalue weighted by Gasteiger charge is -2.22. The van der Waals surface area contributed by atoms with Crippen LogP contribution in [0.1, 0.15) is 22.5 Å². The van der Waals surface area contributed by atoms with Crippen LogP contribution in [-0.4, -0.2) is 43.8 Å². The quantitative estimate of drug-likeness (QED) is 0.811. The van der Waals surface area contributed by atoms with Crippen LogP contribution in [0, 0.1) is 0 Å². The SMILES string of the molecule is CN(C(=O)c1ccc(-c2cccc(C(F)(F)F)c2)o1)C1CCS(=O)(=O)C1. The Kier molecular flexibility index (Phi) is 4.60. The molecule has 1 fully saturated rings. The predicted octanol–water partition coefficient (Wildman–Crippen LogP) is 3.22. The van der Waals surface area contributed by atoms with E-state index in [1.165, 1.54) is 36.2 Å². The maximum Gasteiger partial charge on any atom is 0.416 e. The topological polar surface area (TPSA) is 67.6 Å². The fraction of sp³-hybridized carbons (Fsp3) is 0.353. The highest BCUT2D eigenvalue weighted by Crippen LogP contribution is 2.33. The third-order valence-electron chi connectivity index (χ3n) is 4.37. The van der Waals surface area contributed by atoms with Gasteiger partial charge in [0.2, 0.25) is 0 Å². The van der Waals surface area contributed by atoms with E-state index in [2.05, 4.69) is 0 Å². The van der Waals surface area contributed by atoms with Gasteiger partial charge in [-0.3, -0.25) is 4.79 Å². The van der Waals surface area contributed by atoms with Crippen molar-refractivity contribution < 1.29 is 30.8 Å². The van der Waals surface area contributed by atoms with E-state index in [0.29, 0.717) is 6.42 Å². The van der Waals surface area contributed by atoms with Gasteiger partial charge in [-0.2, -0.15) is 13.2 Å². The summed E-state index contributed by atoms with van der Waals surface area (Å²) in [6, 6.07) is 6.97. The van der Waals surface area contributed by atoms with Crippen LogP contribution in [0.4, 0.5) is 13.2 Å². The number of carbonyl (C=O) groups excluding carboxylic acids is 1. The standard InChI is InChI=1S/C17H16F3NO4S/c1-21(13-7-8-26(23,24)10-13)16(22)15-6-5-14(25-15)11-3-2-4-12(9-11)17(18,19)20/h2-6,9,13H,7-8,10H2,1H3. The molecule has 1 amide bonds. The van der Waals surface area contributed by atoms with Crippen LogP contribution < -0.4 is 0 Å². The Morgan fingerprint density at radius 1 is 1.23 bits per heavy atom. The fourth-order valence-corrected chi connectivity index (χ4v) is 4.65. The number of hydrogen-bond donors (Lipinski definition) is 0. The summed E-state index contributed by atoms with van der Waals surface area (Å²) in [7, 11) is -1.66. The minimum absolute atomic E-state index is 0.0307. The number of furan rings is 1. The van der Waals surface area contributed by atoms with Crippen LogP contribution in [0.15, 0.2) is 40.8 Å². The largest absolute Gasteiger partial charge is 0.451 e. The van der Waals surface area contributed by atoms with Crippen molar-refractivity contribution in [3.63, 3.8) is 0 Å². The van der Waals surface area contributed by atoms with Gasteiger partial charge in [0, 0.05) is 18.7 Å². The van der Waals surface area contributed by atoms with Gasteiger partial charge in [-0.1, -0.05) is 12.1 Å². The van der Waals surface area contributed by atoms with Crippen molar-refractivity contribution in [2.24, 2.45) is 0 Å². The molecule has 1 saturated heterocycles. The van der Waals surface area contributed by atoms with Gasteiger partial charge in [0.25, 0.3) is 5.91 Å². The molecule has 1 aliphatic rings. The van der Waals surface area contributed by atoms with Crippen LogP contribution >= 0.6 is 0 Å². The molecule has 0 N–H and O–H groups in total. The van der Waals surface area contributed by atoms with Crippen molar-refractivity contribution in [2.75, 3.05) is 18.6 Å². The fourth-order valence-electron chi connectivity index (χ4n) is 2.88. The Labute approximate surface area is 148 Å². The second kappa shape index (κ2) is 6.46. The summed E-state index contributed by atoms with van der Waals surface area (Å²) >= 11 is 0. The summed E-state index contributed by atoms with van der Waals surface area (Å²) in [5, 5.41) is 0. The molecule has 5 nitrogen and oxygen atoms in total. The van der Waals surface area contributed by atoms with Gasteiger partial charge in [0.15, 0.2) is 15.6 Å².